The van der Waals surface area contributed by atoms with Gasteiger partial charge in [0.1, 0.15) is 11.9 Å². The van der Waals surface area contributed by atoms with Gasteiger partial charge in [-0.15, -0.1) is 0 Å². The van der Waals surface area contributed by atoms with E-state index in [-0.39, 0.29) is 11.8 Å². The lowest BCUT2D eigenvalue weighted by molar-refractivity contribution is 0.0767. The lowest BCUT2D eigenvalue weighted by Crippen LogP contribution is -2.33. The molecule has 0 aliphatic carbocycles. The Morgan fingerprint density at radius 1 is 1.29 bits per heavy atom. The maximum Gasteiger partial charge on any atom is 0.276 e. The summed E-state index contributed by atoms with van der Waals surface area (Å²) in [6.45, 7) is 3.90. The number of rotatable bonds is 7. The summed E-state index contributed by atoms with van der Waals surface area (Å²) in [6, 6.07) is 2.96. The van der Waals surface area contributed by atoms with E-state index in [9.17, 15) is 9.18 Å². The number of amides is 1. The molecule has 0 unspecified atom stereocenters. The largest absolute Gasteiger partial charge is 0.498 e. The Morgan fingerprint density at radius 2 is 2.09 bits per heavy atom. The third kappa shape index (κ3) is 5.43. The standard InChI is InChI=1S/C25H29FN6O2/c1-4-5-6-18(9-12-34-19-7-10-31(2)11-8-19)28-25(33)24-21-13-20(17-15-27-32(3)16-17)22(26)14-23(21)29-30-24/h4-6,9,12-16,19H,7-8,10-11H2,1-3H3,(H,28,33)(H,29,30)/b5-4+,12-9+,18-6+. The van der Waals surface area contributed by atoms with Gasteiger partial charge in [-0.25, -0.2) is 4.39 Å². The Labute approximate surface area is 197 Å². The minimum absolute atomic E-state index is 0.169. The lowest BCUT2D eigenvalue weighted by atomic mass is 10.0. The molecule has 1 aromatic carbocycles. The van der Waals surface area contributed by atoms with E-state index < -0.39 is 11.7 Å². The average molecular weight is 465 g/mol. The minimum Gasteiger partial charge on any atom is -0.498 e. The zero-order valence-electron chi connectivity index (χ0n) is 19.6. The SMILES string of the molecule is C/C=C/C=C(\C=C\OC1CCN(C)CC1)NC(=O)c1n[nH]c2cc(F)c(-c3cnn(C)c3)cc12. The van der Waals surface area contributed by atoms with E-state index in [1.807, 2.05) is 19.1 Å². The number of allylic oxidation sites excluding steroid dienone is 4. The van der Waals surface area contributed by atoms with E-state index in [2.05, 4.69) is 32.6 Å². The number of benzene rings is 1. The summed E-state index contributed by atoms with van der Waals surface area (Å²) >= 11 is 0. The van der Waals surface area contributed by atoms with Crippen LogP contribution in [0.25, 0.3) is 22.0 Å². The van der Waals surface area contributed by atoms with E-state index in [1.165, 1.54) is 6.07 Å². The average Bonchev–Trinajstić information content (AvgIpc) is 3.43. The summed E-state index contributed by atoms with van der Waals surface area (Å²) < 4.78 is 22.1. The molecule has 0 saturated carbocycles. The smallest absolute Gasteiger partial charge is 0.276 e. The van der Waals surface area contributed by atoms with Gasteiger partial charge in [0.2, 0.25) is 0 Å². The number of aryl methyl sites for hydroxylation is 1. The molecule has 1 aliphatic heterocycles. The van der Waals surface area contributed by atoms with E-state index in [0.29, 0.717) is 27.7 Å². The quantitative estimate of drug-likeness (QED) is 0.409. The predicted octanol–water partition coefficient (Wildman–Crippen LogP) is 3.92. The van der Waals surface area contributed by atoms with Crippen LogP contribution in [0.1, 0.15) is 30.3 Å². The number of carbonyl (C=O) groups excluding carboxylic acids is 1. The topological polar surface area (TPSA) is 88.1 Å². The zero-order chi connectivity index (χ0) is 24.1. The van der Waals surface area contributed by atoms with Gasteiger partial charge in [-0.1, -0.05) is 12.2 Å². The molecule has 1 amide bonds. The highest BCUT2D eigenvalue weighted by atomic mass is 19.1. The Hall–Kier alpha value is -3.72. The molecule has 8 nitrogen and oxygen atoms in total. The lowest BCUT2D eigenvalue weighted by Gasteiger charge is -2.28. The van der Waals surface area contributed by atoms with Gasteiger partial charge in [-0.2, -0.15) is 10.2 Å². The Kier molecular flexibility index (Phi) is 7.22. The van der Waals surface area contributed by atoms with Gasteiger partial charge < -0.3 is 15.0 Å². The van der Waals surface area contributed by atoms with Gasteiger partial charge in [0, 0.05) is 54.6 Å². The van der Waals surface area contributed by atoms with Crippen molar-refractivity contribution in [3.63, 3.8) is 0 Å². The molecule has 0 bridgehead atoms. The molecular weight excluding hydrogens is 435 g/mol. The first-order valence-electron chi connectivity index (χ1n) is 11.3. The molecule has 3 heterocycles. The molecule has 0 atom stereocenters. The maximum atomic E-state index is 14.7. The number of carbonyl (C=O) groups is 1. The molecule has 178 valence electrons. The first-order valence-corrected chi connectivity index (χ1v) is 11.3. The Balaban J connectivity index is 1.53. The third-order valence-electron chi connectivity index (χ3n) is 5.79. The van der Waals surface area contributed by atoms with Crippen LogP contribution in [-0.2, 0) is 11.8 Å². The van der Waals surface area contributed by atoms with Crippen molar-refractivity contribution in [3.05, 3.63) is 72.3 Å². The van der Waals surface area contributed by atoms with Crippen LogP contribution >= 0.6 is 0 Å². The highest BCUT2D eigenvalue weighted by Gasteiger charge is 2.19. The van der Waals surface area contributed by atoms with Crippen LogP contribution in [0.15, 0.2) is 60.8 Å². The van der Waals surface area contributed by atoms with Gasteiger partial charge in [0.25, 0.3) is 5.91 Å². The van der Waals surface area contributed by atoms with Gasteiger partial charge >= 0.3 is 0 Å². The van der Waals surface area contributed by atoms with E-state index in [4.69, 9.17) is 4.74 Å². The van der Waals surface area contributed by atoms with Crippen molar-refractivity contribution in [2.45, 2.75) is 25.9 Å². The number of ether oxygens (including phenoxy) is 1. The fourth-order valence-corrected chi connectivity index (χ4v) is 3.87. The second-order valence-electron chi connectivity index (χ2n) is 8.40. The molecule has 2 N–H and O–H groups in total. The number of nitrogens with zero attached hydrogens (tertiary/aromatic N) is 4. The van der Waals surface area contributed by atoms with Crippen LogP contribution in [0.3, 0.4) is 0 Å². The monoisotopic (exact) mass is 464 g/mol. The normalized spacial score (nSPS) is 16.2. The van der Waals surface area contributed by atoms with Crippen molar-refractivity contribution in [2.75, 3.05) is 20.1 Å². The zero-order valence-corrected chi connectivity index (χ0v) is 19.6. The molecule has 3 aromatic rings. The number of hydrogen-bond donors (Lipinski definition) is 2. The summed E-state index contributed by atoms with van der Waals surface area (Å²) in [7, 11) is 3.87. The van der Waals surface area contributed by atoms with Crippen LogP contribution in [-0.4, -0.2) is 57.0 Å². The fraction of sp³-hybridized carbons (Fsp3) is 0.320. The van der Waals surface area contributed by atoms with E-state index >= 15 is 0 Å². The number of likely N-dealkylation sites (tertiary alicyclic amines) is 1. The number of hydrogen-bond acceptors (Lipinski definition) is 5. The molecule has 1 fully saturated rings. The van der Waals surface area contributed by atoms with Crippen LogP contribution < -0.4 is 5.32 Å². The first-order chi connectivity index (χ1) is 16.4. The summed E-state index contributed by atoms with van der Waals surface area (Å²) in [6.07, 6.45) is 14.2. The van der Waals surface area contributed by atoms with Crippen LogP contribution in [0.5, 0.6) is 0 Å². The van der Waals surface area contributed by atoms with Crippen molar-refractivity contribution in [1.29, 1.82) is 0 Å². The molecule has 0 spiro atoms. The molecule has 4 rings (SSSR count). The summed E-state index contributed by atoms with van der Waals surface area (Å²) in [5, 5.41) is 14.4. The van der Waals surface area contributed by atoms with E-state index in [0.717, 1.165) is 25.9 Å². The molecule has 34 heavy (non-hydrogen) atoms. The third-order valence-corrected chi connectivity index (χ3v) is 5.79. The molecule has 1 aliphatic rings. The summed E-state index contributed by atoms with van der Waals surface area (Å²) in [5.74, 6) is -0.826. The molecular formula is C25H29FN6O2. The van der Waals surface area contributed by atoms with Crippen molar-refractivity contribution in [1.82, 2.24) is 30.2 Å². The van der Waals surface area contributed by atoms with Crippen LogP contribution in [0, 0.1) is 5.82 Å². The highest BCUT2D eigenvalue weighted by molar-refractivity contribution is 6.06. The highest BCUT2D eigenvalue weighted by Crippen LogP contribution is 2.28. The molecule has 9 heteroatoms. The molecule has 0 radical (unpaired) electrons. The fourth-order valence-electron chi connectivity index (χ4n) is 3.87. The number of H-pyrrole nitrogens is 1. The van der Waals surface area contributed by atoms with E-state index in [1.54, 1.807) is 48.6 Å². The second-order valence-corrected chi connectivity index (χ2v) is 8.40. The number of nitrogens with one attached hydrogen (secondary N) is 2. The minimum atomic E-state index is -0.418. The van der Waals surface area contributed by atoms with Crippen molar-refractivity contribution >= 4 is 16.8 Å². The van der Waals surface area contributed by atoms with Gasteiger partial charge in [-0.3, -0.25) is 14.6 Å². The number of aromatic nitrogens is 4. The van der Waals surface area contributed by atoms with Gasteiger partial charge in [0.05, 0.1) is 18.0 Å². The van der Waals surface area contributed by atoms with Gasteiger partial charge in [-0.05, 0) is 45.0 Å². The van der Waals surface area contributed by atoms with Crippen molar-refractivity contribution in [3.8, 4) is 11.1 Å². The van der Waals surface area contributed by atoms with Gasteiger partial charge in [0.15, 0.2) is 5.69 Å². The Morgan fingerprint density at radius 3 is 2.79 bits per heavy atom. The summed E-state index contributed by atoms with van der Waals surface area (Å²) in [5.41, 5.74) is 2.15. The second kappa shape index (κ2) is 10.5. The number of halogens is 1. The summed E-state index contributed by atoms with van der Waals surface area (Å²) in [4.78, 5) is 15.4. The van der Waals surface area contributed by atoms with Crippen molar-refractivity contribution < 1.29 is 13.9 Å². The Bertz CT molecular complexity index is 1250. The predicted molar refractivity (Wildman–Crippen MR) is 129 cm³/mol. The number of piperidine rings is 1. The number of aromatic amines is 1. The molecule has 2 aromatic heterocycles. The van der Waals surface area contributed by atoms with Crippen LogP contribution in [0.4, 0.5) is 4.39 Å². The number of fused-ring (bicyclic) bond motifs is 1. The van der Waals surface area contributed by atoms with Crippen molar-refractivity contribution in [2.24, 2.45) is 7.05 Å². The maximum absolute atomic E-state index is 14.7. The molecule has 1 saturated heterocycles. The van der Waals surface area contributed by atoms with Crippen LogP contribution in [0.2, 0.25) is 0 Å². The first kappa shape index (κ1) is 23.4.